The number of aromatic hydroxyl groups is 1. The van der Waals surface area contributed by atoms with Gasteiger partial charge < -0.3 is 16.6 Å². The molecule has 0 unspecified atom stereocenters. The van der Waals surface area contributed by atoms with Crippen molar-refractivity contribution in [2.75, 3.05) is 11.5 Å². The molecule has 0 aromatic carbocycles. The smallest absolute Gasteiger partial charge is 0.256 e. The van der Waals surface area contributed by atoms with E-state index in [0.29, 0.717) is 0 Å². The molecule has 0 aliphatic rings. The minimum Gasteiger partial charge on any atom is -0.491 e. The van der Waals surface area contributed by atoms with E-state index in [1.807, 2.05) is 0 Å². The molecule has 0 aliphatic carbocycles. The lowest BCUT2D eigenvalue weighted by molar-refractivity contribution is 0.446. The van der Waals surface area contributed by atoms with Gasteiger partial charge in [-0.15, -0.1) is 5.10 Å². The van der Waals surface area contributed by atoms with Crippen LogP contribution in [-0.2, 0) is 7.05 Å². The number of anilines is 2. The number of rotatable bonds is 0. The van der Waals surface area contributed by atoms with Crippen LogP contribution in [0.1, 0.15) is 0 Å². The van der Waals surface area contributed by atoms with Gasteiger partial charge in [0.05, 0.1) is 0 Å². The first-order valence-electron chi connectivity index (χ1n) is 2.40. The molecule has 1 aromatic rings. The predicted molar refractivity (Wildman–Crippen MR) is 33.7 cm³/mol. The third-order valence-corrected chi connectivity index (χ3v) is 1.11. The van der Waals surface area contributed by atoms with Gasteiger partial charge in [0.25, 0.3) is 5.88 Å². The second-order valence-corrected chi connectivity index (χ2v) is 1.75. The van der Waals surface area contributed by atoms with E-state index in [-0.39, 0.29) is 17.4 Å². The highest BCUT2D eigenvalue weighted by Gasteiger charge is 2.06. The van der Waals surface area contributed by atoms with Gasteiger partial charge in [0.1, 0.15) is 11.5 Å². The summed E-state index contributed by atoms with van der Waals surface area (Å²) in [5.74, 6) is 0.0718. The van der Waals surface area contributed by atoms with Crippen LogP contribution in [0.4, 0.5) is 11.5 Å². The van der Waals surface area contributed by atoms with Crippen LogP contribution in [0, 0.1) is 0 Å². The fourth-order valence-corrected chi connectivity index (χ4v) is 0.539. The molecule has 5 heteroatoms. The normalized spacial score (nSPS) is 9.89. The van der Waals surface area contributed by atoms with Crippen LogP contribution in [0.2, 0.25) is 0 Å². The van der Waals surface area contributed by atoms with Gasteiger partial charge in [0, 0.05) is 7.05 Å². The Labute approximate surface area is 51.9 Å². The lowest BCUT2D eigenvalue weighted by Crippen LogP contribution is -1.98. The zero-order chi connectivity index (χ0) is 7.02. The molecule has 1 aromatic heterocycles. The third kappa shape index (κ3) is 0.658. The Morgan fingerprint density at radius 1 is 1.56 bits per heavy atom. The second kappa shape index (κ2) is 1.54. The molecular formula is C4H8N4O. The molecule has 0 atom stereocenters. The van der Waals surface area contributed by atoms with Gasteiger partial charge in [-0.2, -0.15) is 0 Å². The van der Waals surface area contributed by atoms with E-state index in [1.165, 1.54) is 4.68 Å². The average molecular weight is 128 g/mol. The number of hydrogen-bond acceptors (Lipinski definition) is 4. The van der Waals surface area contributed by atoms with Crippen molar-refractivity contribution in [3.63, 3.8) is 0 Å². The third-order valence-electron chi connectivity index (χ3n) is 1.11. The number of nitrogens with zero attached hydrogens (tertiary/aromatic N) is 2. The molecule has 0 bridgehead atoms. The zero-order valence-corrected chi connectivity index (χ0v) is 5.00. The van der Waals surface area contributed by atoms with Crippen molar-refractivity contribution < 1.29 is 5.11 Å². The summed E-state index contributed by atoms with van der Waals surface area (Å²) in [6.07, 6.45) is 0. The Bertz CT molecular complexity index is 206. The van der Waals surface area contributed by atoms with Crippen molar-refractivity contribution >= 4 is 11.5 Å². The van der Waals surface area contributed by atoms with Crippen LogP contribution in [0.25, 0.3) is 0 Å². The van der Waals surface area contributed by atoms with Gasteiger partial charge >= 0.3 is 0 Å². The molecular weight excluding hydrogens is 120 g/mol. The van der Waals surface area contributed by atoms with Crippen molar-refractivity contribution in [1.29, 1.82) is 0 Å². The molecule has 0 saturated heterocycles. The maximum atomic E-state index is 8.78. The Balaban J connectivity index is 3.29. The molecule has 0 saturated carbocycles. The topological polar surface area (TPSA) is 90.1 Å². The lowest BCUT2D eigenvalue weighted by atomic mass is 10.5. The Kier molecular flexibility index (Phi) is 0.985. The van der Waals surface area contributed by atoms with E-state index >= 15 is 0 Å². The molecule has 0 aliphatic heterocycles. The summed E-state index contributed by atoms with van der Waals surface area (Å²) >= 11 is 0. The highest BCUT2D eigenvalue weighted by molar-refractivity contribution is 5.64. The standard InChI is InChI=1S/C4H8N4O/c1-8-3(6)2(5)4(9)7-8/h5-6H2,1H3,(H,7,9). The van der Waals surface area contributed by atoms with Gasteiger partial charge in [0.15, 0.2) is 0 Å². The van der Waals surface area contributed by atoms with Crippen LogP contribution < -0.4 is 11.5 Å². The van der Waals surface area contributed by atoms with E-state index in [4.69, 9.17) is 16.6 Å². The van der Waals surface area contributed by atoms with Crippen molar-refractivity contribution in [2.45, 2.75) is 0 Å². The summed E-state index contributed by atoms with van der Waals surface area (Å²) in [4.78, 5) is 0. The summed E-state index contributed by atoms with van der Waals surface area (Å²) < 4.78 is 1.31. The van der Waals surface area contributed by atoms with Crippen LogP contribution in [0.15, 0.2) is 0 Å². The molecule has 1 heterocycles. The Hall–Kier alpha value is -1.39. The number of nitrogen functional groups attached to an aromatic ring is 2. The molecule has 5 nitrogen and oxygen atoms in total. The molecule has 50 valence electrons. The van der Waals surface area contributed by atoms with Gasteiger partial charge in [-0.3, -0.25) is 0 Å². The van der Waals surface area contributed by atoms with E-state index < -0.39 is 0 Å². The molecule has 0 amide bonds. The maximum absolute atomic E-state index is 8.78. The molecule has 0 fully saturated rings. The van der Waals surface area contributed by atoms with E-state index in [9.17, 15) is 0 Å². The van der Waals surface area contributed by atoms with Crippen molar-refractivity contribution in [1.82, 2.24) is 9.78 Å². The minimum absolute atomic E-state index is 0.137. The first-order chi connectivity index (χ1) is 4.13. The summed E-state index contributed by atoms with van der Waals surface area (Å²) in [6.45, 7) is 0. The fourth-order valence-electron chi connectivity index (χ4n) is 0.539. The fraction of sp³-hybridized carbons (Fsp3) is 0.250. The van der Waals surface area contributed by atoms with Crippen LogP contribution in [0.3, 0.4) is 0 Å². The summed E-state index contributed by atoms with van der Waals surface area (Å²) in [5.41, 5.74) is 10.7. The van der Waals surface area contributed by atoms with Gasteiger partial charge in [-0.05, 0) is 0 Å². The molecule has 9 heavy (non-hydrogen) atoms. The van der Waals surface area contributed by atoms with Crippen molar-refractivity contribution in [2.24, 2.45) is 7.05 Å². The highest BCUT2D eigenvalue weighted by atomic mass is 16.3. The van der Waals surface area contributed by atoms with Crippen molar-refractivity contribution in [3.8, 4) is 5.88 Å². The zero-order valence-electron chi connectivity index (χ0n) is 5.00. The van der Waals surface area contributed by atoms with Gasteiger partial charge in [-0.25, -0.2) is 4.68 Å². The summed E-state index contributed by atoms with van der Waals surface area (Å²) in [7, 11) is 1.60. The van der Waals surface area contributed by atoms with Gasteiger partial charge in [0.2, 0.25) is 0 Å². The van der Waals surface area contributed by atoms with Gasteiger partial charge in [-0.1, -0.05) is 0 Å². The van der Waals surface area contributed by atoms with Crippen LogP contribution in [-0.4, -0.2) is 14.9 Å². The summed E-state index contributed by atoms with van der Waals surface area (Å²) in [5, 5.41) is 12.3. The van der Waals surface area contributed by atoms with Crippen molar-refractivity contribution in [3.05, 3.63) is 0 Å². The Morgan fingerprint density at radius 2 is 2.11 bits per heavy atom. The van der Waals surface area contributed by atoms with Crippen LogP contribution >= 0.6 is 0 Å². The molecule has 0 spiro atoms. The Morgan fingerprint density at radius 3 is 2.22 bits per heavy atom. The molecule has 0 radical (unpaired) electrons. The van der Waals surface area contributed by atoms with Crippen LogP contribution in [0.5, 0.6) is 5.88 Å². The van der Waals surface area contributed by atoms with E-state index in [0.717, 1.165) is 0 Å². The maximum Gasteiger partial charge on any atom is 0.256 e. The monoisotopic (exact) mass is 128 g/mol. The van der Waals surface area contributed by atoms with E-state index in [2.05, 4.69) is 5.10 Å². The predicted octanol–water partition coefficient (Wildman–Crippen LogP) is -0.710. The molecule has 1 rings (SSSR count). The van der Waals surface area contributed by atoms with E-state index in [1.54, 1.807) is 7.05 Å². The number of aryl methyl sites for hydroxylation is 1. The number of aromatic nitrogens is 2. The first kappa shape index (κ1) is 5.74. The highest BCUT2D eigenvalue weighted by Crippen LogP contribution is 2.22. The first-order valence-corrected chi connectivity index (χ1v) is 2.40. The average Bonchev–Trinajstić information content (AvgIpc) is 1.98. The SMILES string of the molecule is Cn1nc(O)c(N)c1N. The summed E-state index contributed by atoms with van der Waals surface area (Å²) in [6, 6.07) is 0. The number of hydrogen-bond donors (Lipinski definition) is 3. The minimum atomic E-state index is -0.213. The second-order valence-electron chi connectivity index (χ2n) is 1.75. The largest absolute Gasteiger partial charge is 0.491 e. The quantitative estimate of drug-likeness (QED) is 0.430. The number of nitrogens with two attached hydrogens (primary N) is 2. The molecule has 5 N–H and O–H groups in total. The lowest BCUT2D eigenvalue weighted by Gasteiger charge is -1.90.